The zero-order valence-corrected chi connectivity index (χ0v) is 14.5. The Balaban J connectivity index is 1.63. The summed E-state index contributed by atoms with van der Waals surface area (Å²) in [5.74, 6) is -0.149. The van der Waals surface area contributed by atoms with E-state index < -0.39 is 0 Å². The summed E-state index contributed by atoms with van der Waals surface area (Å²) in [6.07, 6.45) is 4.76. The second kappa shape index (κ2) is 6.52. The average Bonchev–Trinajstić information content (AvgIpc) is 3.32. The largest absolute Gasteiger partial charge is 0.347 e. The normalized spacial score (nSPS) is 16.2. The van der Waals surface area contributed by atoms with Crippen LogP contribution >= 0.6 is 11.6 Å². The SMILES string of the molecule is O=C(Nc1cccc(Cl)c1)c1nc(C(=O)NC2CC2)n2c1CCCC2. The van der Waals surface area contributed by atoms with Crippen molar-refractivity contribution in [2.24, 2.45) is 0 Å². The molecule has 6 nitrogen and oxygen atoms in total. The summed E-state index contributed by atoms with van der Waals surface area (Å²) in [4.78, 5) is 29.6. The summed E-state index contributed by atoms with van der Waals surface area (Å²) < 4.78 is 1.90. The van der Waals surface area contributed by atoms with E-state index in [0.717, 1.165) is 44.3 Å². The van der Waals surface area contributed by atoms with Crippen LogP contribution < -0.4 is 10.6 Å². The highest BCUT2D eigenvalue weighted by atomic mass is 35.5. The smallest absolute Gasteiger partial charge is 0.287 e. The maximum absolute atomic E-state index is 12.7. The van der Waals surface area contributed by atoms with Crippen molar-refractivity contribution in [1.82, 2.24) is 14.9 Å². The average molecular weight is 359 g/mol. The maximum Gasteiger partial charge on any atom is 0.287 e. The molecule has 0 saturated heterocycles. The first-order valence-electron chi connectivity index (χ1n) is 8.59. The van der Waals surface area contributed by atoms with Crippen molar-refractivity contribution in [3.05, 3.63) is 46.5 Å². The molecule has 1 saturated carbocycles. The summed E-state index contributed by atoms with van der Waals surface area (Å²) >= 11 is 5.97. The number of anilines is 1. The van der Waals surface area contributed by atoms with Crippen LogP contribution in [-0.4, -0.2) is 27.4 Å². The van der Waals surface area contributed by atoms with Crippen molar-refractivity contribution >= 4 is 29.1 Å². The number of amides is 2. The lowest BCUT2D eigenvalue weighted by Gasteiger charge is -2.17. The number of hydrogen-bond donors (Lipinski definition) is 2. The van der Waals surface area contributed by atoms with E-state index in [0.29, 0.717) is 22.2 Å². The van der Waals surface area contributed by atoms with Crippen LogP contribution in [0.2, 0.25) is 5.02 Å². The molecule has 2 N–H and O–H groups in total. The molecule has 0 spiro atoms. The monoisotopic (exact) mass is 358 g/mol. The zero-order chi connectivity index (χ0) is 17.4. The second-order valence-electron chi connectivity index (χ2n) is 6.55. The number of halogens is 1. The first-order valence-corrected chi connectivity index (χ1v) is 8.97. The van der Waals surface area contributed by atoms with Crippen molar-refractivity contribution in [2.75, 3.05) is 5.32 Å². The summed E-state index contributed by atoms with van der Waals surface area (Å²) in [5, 5.41) is 6.33. The van der Waals surface area contributed by atoms with Crippen LogP contribution in [0, 0.1) is 0 Å². The van der Waals surface area contributed by atoms with Crippen LogP contribution in [0.5, 0.6) is 0 Å². The van der Waals surface area contributed by atoms with Crippen LogP contribution in [0.15, 0.2) is 24.3 Å². The summed E-state index contributed by atoms with van der Waals surface area (Å²) in [6, 6.07) is 7.23. The van der Waals surface area contributed by atoms with Gasteiger partial charge in [0.1, 0.15) is 0 Å². The van der Waals surface area contributed by atoms with E-state index in [-0.39, 0.29) is 17.9 Å². The van der Waals surface area contributed by atoms with Gasteiger partial charge in [0.25, 0.3) is 11.8 Å². The Labute approximate surface area is 150 Å². The van der Waals surface area contributed by atoms with Gasteiger partial charge in [0.2, 0.25) is 0 Å². The molecular weight excluding hydrogens is 340 g/mol. The molecule has 0 atom stereocenters. The van der Waals surface area contributed by atoms with Crippen molar-refractivity contribution in [3.63, 3.8) is 0 Å². The van der Waals surface area contributed by atoms with Crippen molar-refractivity contribution in [1.29, 1.82) is 0 Å². The lowest BCUT2D eigenvalue weighted by molar-refractivity contribution is 0.0935. The maximum atomic E-state index is 12.7. The number of hydrogen-bond acceptors (Lipinski definition) is 3. The lowest BCUT2D eigenvalue weighted by atomic mass is 10.1. The van der Waals surface area contributed by atoms with Gasteiger partial charge in [-0.25, -0.2) is 4.98 Å². The Morgan fingerprint density at radius 1 is 1.20 bits per heavy atom. The Kier molecular flexibility index (Phi) is 4.21. The number of nitrogens with zero attached hydrogens (tertiary/aromatic N) is 2. The van der Waals surface area contributed by atoms with Gasteiger partial charge in [0, 0.05) is 23.3 Å². The van der Waals surface area contributed by atoms with Gasteiger partial charge in [-0.3, -0.25) is 9.59 Å². The number of carbonyl (C=O) groups is 2. The van der Waals surface area contributed by atoms with Gasteiger partial charge in [-0.2, -0.15) is 0 Å². The zero-order valence-electron chi connectivity index (χ0n) is 13.7. The molecule has 7 heteroatoms. The molecule has 1 aliphatic heterocycles. The van der Waals surface area contributed by atoms with Gasteiger partial charge in [-0.05, 0) is 50.3 Å². The number of fused-ring (bicyclic) bond motifs is 1. The summed E-state index contributed by atoms with van der Waals surface area (Å²) in [6.45, 7) is 0.722. The second-order valence-corrected chi connectivity index (χ2v) is 6.99. The van der Waals surface area contributed by atoms with Crippen LogP contribution in [0.4, 0.5) is 5.69 Å². The Hall–Kier alpha value is -2.34. The topological polar surface area (TPSA) is 76.0 Å². The van der Waals surface area contributed by atoms with E-state index in [1.807, 2.05) is 4.57 Å². The Morgan fingerprint density at radius 3 is 2.80 bits per heavy atom. The number of nitrogens with one attached hydrogen (secondary N) is 2. The highest BCUT2D eigenvalue weighted by Crippen LogP contribution is 2.24. The molecule has 1 aliphatic carbocycles. The van der Waals surface area contributed by atoms with E-state index in [1.165, 1.54) is 0 Å². The van der Waals surface area contributed by atoms with E-state index in [2.05, 4.69) is 15.6 Å². The minimum Gasteiger partial charge on any atom is -0.347 e. The highest BCUT2D eigenvalue weighted by Gasteiger charge is 2.30. The fourth-order valence-electron chi connectivity index (χ4n) is 3.13. The predicted octanol–water partition coefficient (Wildman–Crippen LogP) is 3.02. The molecule has 0 unspecified atom stereocenters. The van der Waals surface area contributed by atoms with E-state index >= 15 is 0 Å². The third kappa shape index (κ3) is 3.39. The number of aromatic nitrogens is 2. The lowest BCUT2D eigenvalue weighted by Crippen LogP contribution is -2.29. The van der Waals surface area contributed by atoms with E-state index in [9.17, 15) is 9.59 Å². The molecule has 0 radical (unpaired) electrons. The first-order chi connectivity index (χ1) is 12.1. The van der Waals surface area contributed by atoms with Gasteiger partial charge < -0.3 is 15.2 Å². The minimum absolute atomic E-state index is 0.188. The molecule has 2 heterocycles. The Bertz CT molecular complexity index is 842. The molecule has 0 bridgehead atoms. The van der Waals surface area contributed by atoms with Crippen LogP contribution in [0.1, 0.15) is 52.5 Å². The highest BCUT2D eigenvalue weighted by molar-refractivity contribution is 6.31. The van der Waals surface area contributed by atoms with Crippen molar-refractivity contribution in [2.45, 2.75) is 44.7 Å². The minimum atomic E-state index is -0.307. The molecule has 1 aromatic carbocycles. The number of rotatable bonds is 4. The van der Waals surface area contributed by atoms with Crippen molar-refractivity contribution < 1.29 is 9.59 Å². The number of carbonyl (C=O) groups excluding carboxylic acids is 2. The fourth-order valence-corrected chi connectivity index (χ4v) is 3.32. The number of imidazole rings is 1. The van der Waals surface area contributed by atoms with Gasteiger partial charge in [0.05, 0.1) is 5.69 Å². The van der Waals surface area contributed by atoms with Gasteiger partial charge in [-0.1, -0.05) is 17.7 Å². The van der Waals surface area contributed by atoms with E-state index in [4.69, 9.17) is 11.6 Å². The molecule has 1 aromatic heterocycles. The molecule has 2 aromatic rings. The summed E-state index contributed by atoms with van der Waals surface area (Å²) in [5.41, 5.74) is 1.78. The molecule has 4 rings (SSSR count). The van der Waals surface area contributed by atoms with E-state index in [1.54, 1.807) is 24.3 Å². The quantitative estimate of drug-likeness (QED) is 0.882. The first kappa shape index (κ1) is 16.1. The fraction of sp³-hybridized carbons (Fsp3) is 0.389. The predicted molar refractivity (Wildman–Crippen MR) is 95.1 cm³/mol. The number of benzene rings is 1. The van der Waals surface area contributed by atoms with Gasteiger partial charge in [0.15, 0.2) is 11.5 Å². The third-order valence-electron chi connectivity index (χ3n) is 4.53. The molecular formula is C18H19ClN4O2. The van der Waals surface area contributed by atoms with Crippen LogP contribution in [-0.2, 0) is 13.0 Å². The van der Waals surface area contributed by atoms with Crippen LogP contribution in [0.3, 0.4) is 0 Å². The van der Waals surface area contributed by atoms with Crippen molar-refractivity contribution in [3.8, 4) is 0 Å². The molecule has 130 valence electrons. The standard InChI is InChI=1S/C18H19ClN4O2/c19-11-4-3-5-13(10-11)21-17(24)15-14-6-1-2-9-23(14)16(22-15)18(25)20-12-7-8-12/h3-5,10,12H,1-2,6-9H2,(H,20,25)(H,21,24). The van der Waals surface area contributed by atoms with Gasteiger partial charge in [-0.15, -0.1) is 0 Å². The molecule has 2 aliphatic rings. The third-order valence-corrected chi connectivity index (χ3v) is 4.77. The molecule has 1 fully saturated rings. The van der Waals surface area contributed by atoms with Gasteiger partial charge >= 0.3 is 0 Å². The summed E-state index contributed by atoms with van der Waals surface area (Å²) in [7, 11) is 0. The van der Waals surface area contributed by atoms with Crippen LogP contribution in [0.25, 0.3) is 0 Å². The molecule has 2 amide bonds. The Morgan fingerprint density at radius 2 is 2.04 bits per heavy atom. The molecule has 25 heavy (non-hydrogen) atoms.